The maximum absolute atomic E-state index is 13.2. The second-order valence-electron chi connectivity index (χ2n) is 4.98. The van der Waals surface area contributed by atoms with E-state index in [0.717, 1.165) is 37.4 Å². The molecule has 2 rings (SSSR count). The van der Waals surface area contributed by atoms with Gasteiger partial charge < -0.3 is 11.1 Å². The molecule has 0 aliphatic heterocycles. The van der Waals surface area contributed by atoms with Crippen molar-refractivity contribution in [2.45, 2.75) is 36.6 Å². The van der Waals surface area contributed by atoms with Crippen molar-refractivity contribution in [3.8, 4) is 0 Å². The Bertz CT molecular complexity index is 533. The van der Waals surface area contributed by atoms with Gasteiger partial charge in [0.15, 0.2) is 0 Å². The number of hydrogen-bond acceptors (Lipinski definition) is 4. The second-order valence-corrected chi connectivity index (χ2v) is 6.02. The predicted octanol–water partition coefficient (Wildman–Crippen LogP) is 2.27. The molecule has 1 aliphatic carbocycles. The van der Waals surface area contributed by atoms with E-state index in [9.17, 15) is 14.0 Å². The minimum absolute atomic E-state index is 0.0431. The second kappa shape index (κ2) is 7.31. The SMILES string of the molecule is Nc1ccc(SCC(=O)NC(=O)NC2CCCC2)cc1F. The number of nitrogens with one attached hydrogen (secondary N) is 2. The monoisotopic (exact) mass is 311 g/mol. The predicted molar refractivity (Wildman–Crippen MR) is 80.5 cm³/mol. The number of amides is 3. The summed E-state index contributed by atoms with van der Waals surface area (Å²) in [7, 11) is 0. The van der Waals surface area contributed by atoms with Gasteiger partial charge in [0.05, 0.1) is 11.4 Å². The van der Waals surface area contributed by atoms with Crippen LogP contribution in [0.1, 0.15) is 25.7 Å². The van der Waals surface area contributed by atoms with Crippen molar-refractivity contribution in [2.24, 2.45) is 0 Å². The zero-order valence-corrected chi connectivity index (χ0v) is 12.3. The summed E-state index contributed by atoms with van der Waals surface area (Å²) in [6, 6.07) is 4.05. The van der Waals surface area contributed by atoms with Crippen LogP contribution in [0.3, 0.4) is 0 Å². The van der Waals surface area contributed by atoms with Gasteiger partial charge in [0.25, 0.3) is 0 Å². The van der Waals surface area contributed by atoms with Crippen molar-refractivity contribution < 1.29 is 14.0 Å². The van der Waals surface area contributed by atoms with Gasteiger partial charge in [-0.05, 0) is 31.0 Å². The zero-order valence-electron chi connectivity index (χ0n) is 11.5. The van der Waals surface area contributed by atoms with E-state index in [2.05, 4.69) is 10.6 Å². The summed E-state index contributed by atoms with van der Waals surface area (Å²) in [4.78, 5) is 23.8. The Morgan fingerprint density at radius 3 is 2.71 bits per heavy atom. The number of halogens is 1. The Kier molecular flexibility index (Phi) is 5.44. The molecule has 0 radical (unpaired) electrons. The van der Waals surface area contributed by atoms with Gasteiger partial charge in [0.1, 0.15) is 5.82 Å². The van der Waals surface area contributed by atoms with Gasteiger partial charge in [-0.25, -0.2) is 9.18 Å². The molecular weight excluding hydrogens is 293 g/mol. The van der Waals surface area contributed by atoms with E-state index < -0.39 is 17.8 Å². The zero-order chi connectivity index (χ0) is 15.2. The molecule has 1 aromatic rings. The number of benzene rings is 1. The highest BCUT2D eigenvalue weighted by Crippen LogP contribution is 2.21. The summed E-state index contributed by atoms with van der Waals surface area (Å²) in [5.41, 5.74) is 5.44. The van der Waals surface area contributed by atoms with E-state index in [4.69, 9.17) is 5.73 Å². The normalized spacial score (nSPS) is 14.9. The van der Waals surface area contributed by atoms with Crippen molar-refractivity contribution in [3.05, 3.63) is 24.0 Å². The Morgan fingerprint density at radius 2 is 2.05 bits per heavy atom. The average Bonchev–Trinajstić information content (AvgIpc) is 2.92. The van der Waals surface area contributed by atoms with Crippen LogP contribution in [-0.4, -0.2) is 23.7 Å². The van der Waals surface area contributed by atoms with Crippen LogP contribution in [0.4, 0.5) is 14.9 Å². The lowest BCUT2D eigenvalue weighted by Crippen LogP contribution is -2.44. The number of nitrogen functional groups attached to an aromatic ring is 1. The highest BCUT2D eigenvalue weighted by molar-refractivity contribution is 8.00. The van der Waals surface area contributed by atoms with Gasteiger partial charge in [-0.3, -0.25) is 10.1 Å². The third-order valence-electron chi connectivity index (χ3n) is 3.29. The number of rotatable bonds is 4. The molecule has 0 heterocycles. The number of imide groups is 1. The first kappa shape index (κ1) is 15.6. The summed E-state index contributed by atoms with van der Waals surface area (Å²) < 4.78 is 13.2. The number of thioether (sulfide) groups is 1. The first-order chi connectivity index (χ1) is 10.0. The molecular formula is C14H18FN3O2S. The van der Waals surface area contributed by atoms with Crippen LogP contribution < -0.4 is 16.4 Å². The number of hydrogen-bond donors (Lipinski definition) is 3. The lowest BCUT2D eigenvalue weighted by molar-refractivity contribution is -0.117. The van der Waals surface area contributed by atoms with Crippen LogP contribution in [0, 0.1) is 5.82 Å². The fourth-order valence-electron chi connectivity index (χ4n) is 2.20. The van der Waals surface area contributed by atoms with Gasteiger partial charge in [-0.15, -0.1) is 11.8 Å². The third-order valence-corrected chi connectivity index (χ3v) is 4.28. The standard InChI is InChI=1S/C14H18FN3O2S/c15-11-7-10(5-6-12(11)16)21-8-13(19)18-14(20)17-9-3-1-2-4-9/h5-7,9H,1-4,8,16H2,(H2,17,18,19,20). The van der Waals surface area contributed by atoms with Crippen molar-refractivity contribution in [1.82, 2.24) is 10.6 Å². The van der Waals surface area contributed by atoms with Crippen molar-refractivity contribution >= 4 is 29.4 Å². The van der Waals surface area contributed by atoms with E-state index in [0.29, 0.717) is 4.90 Å². The van der Waals surface area contributed by atoms with E-state index in [1.54, 1.807) is 6.07 Å². The molecule has 5 nitrogen and oxygen atoms in total. The van der Waals surface area contributed by atoms with Crippen LogP contribution in [0.25, 0.3) is 0 Å². The van der Waals surface area contributed by atoms with E-state index >= 15 is 0 Å². The van der Waals surface area contributed by atoms with E-state index in [1.807, 2.05) is 0 Å². The van der Waals surface area contributed by atoms with E-state index in [-0.39, 0.29) is 17.5 Å². The molecule has 0 unspecified atom stereocenters. The van der Waals surface area contributed by atoms with Gasteiger partial charge in [-0.2, -0.15) is 0 Å². The Balaban J connectivity index is 1.73. The smallest absolute Gasteiger partial charge is 0.321 e. The van der Waals surface area contributed by atoms with Gasteiger partial charge in [0.2, 0.25) is 5.91 Å². The molecule has 21 heavy (non-hydrogen) atoms. The Hall–Kier alpha value is -1.76. The Morgan fingerprint density at radius 1 is 1.33 bits per heavy atom. The van der Waals surface area contributed by atoms with Gasteiger partial charge in [0, 0.05) is 10.9 Å². The molecule has 1 fully saturated rings. The quantitative estimate of drug-likeness (QED) is 0.588. The van der Waals surface area contributed by atoms with Gasteiger partial charge in [-0.1, -0.05) is 12.8 Å². The lowest BCUT2D eigenvalue weighted by atomic mass is 10.2. The molecule has 0 atom stereocenters. The van der Waals surface area contributed by atoms with Gasteiger partial charge >= 0.3 is 6.03 Å². The fourth-order valence-corrected chi connectivity index (χ4v) is 2.92. The van der Waals surface area contributed by atoms with Crippen LogP contribution in [0.2, 0.25) is 0 Å². The number of carbonyl (C=O) groups is 2. The van der Waals surface area contributed by atoms with Crippen LogP contribution in [0.15, 0.2) is 23.1 Å². The molecule has 114 valence electrons. The lowest BCUT2D eigenvalue weighted by Gasteiger charge is -2.12. The number of nitrogens with two attached hydrogens (primary N) is 1. The number of urea groups is 1. The summed E-state index contributed by atoms with van der Waals surface area (Å²) in [5, 5.41) is 5.04. The van der Waals surface area contributed by atoms with Crippen molar-refractivity contribution in [3.63, 3.8) is 0 Å². The van der Waals surface area contributed by atoms with E-state index in [1.165, 1.54) is 12.1 Å². The molecule has 1 aromatic carbocycles. The minimum Gasteiger partial charge on any atom is -0.396 e. The van der Waals surface area contributed by atoms with Crippen molar-refractivity contribution in [2.75, 3.05) is 11.5 Å². The number of anilines is 1. The molecule has 1 saturated carbocycles. The maximum atomic E-state index is 13.2. The highest BCUT2D eigenvalue weighted by atomic mass is 32.2. The topological polar surface area (TPSA) is 84.2 Å². The Labute approximate surface area is 126 Å². The minimum atomic E-state index is -0.514. The summed E-state index contributed by atoms with van der Waals surface area (Å²) in [6.07, 6.45) is 4.14. The van der Waals surface area contributed by atoms with Crippen LogP contribution in [0.5, 0.6) is 0 Å². The molecule has 0 spiro atoms. The average molecular weight is 311 g/mol. The number of carbonyl (C=O) groups excluding carboxylic acids is 2. The molecule has 3 amide bonds. The summed E-state index contributed by atoms with van der Waals surface area (Å²) >= 11 is 1.15. The summed E-state index contributed by atoms with van der Waals surface area (Å²) in [5.74, 6) is -0.881. The molecule has 4 N–H and O–H groups in total. The highest BCUT2D eigenvalue weighted by Gasteiger charge is 2.18. The molecule has 7 heteroatoms. The van der Waals surface area contributed by atoms with Crippen molar-refractivity contribution in [1.29, 1.82) is 0 Å². The maximum Gasteiger partial charge on any atom is 0.321 e. The molecule has 0 saturated heterocycles. The first-order valence-corrected chi connectivity index (χ1v) is 7.81. The third kappa shape index (κ3) is 4.93. The largest absolute Gasteiger partial charge is 0.396 e. The van der Waals surface area contributed by atoms with Crippen LogP contribution >= 0.6 is 11.8 Å². The fraction of sp³-hybridized carbons (Fsp3) is 0.429. The molecule has 0 aromatic heterocycles. The first-order valence-electron chi connectivity index (χ1n) is 6.83. The van der Waals surface area contributed by atoms with Crippen LogP contribution in [-0.2, 0) is 4.79 Å². The molecule has 0 bridgehead atoms. The summed E-state index contributed by atoms with van der Waals surface area (Å²) in [6.45, 7) is 0. The molecule has 1 aliphatic rings.